The standard InChI is InChI=1S/C21H25N3O2/c1-5-16-14-22-15-17-8-6-9-18(19(16)17)23-10-7-11-24(13-12-23)20(25)26-21(2,3)4/h1,6,8-9,14-15H,7,10-13H2,2-4H3. The van der Waals surface area contributed by atoms with Crippen molar-refractivity contribution in [3.63, 3.8) is 0 Å². The molecule has 1 aliphatic rings. The second kappa shape index (κ2) is 7.25. The highest BCUT2D eigenvalue weighted by Gasteiger charge is 2.25. The van der Waals surface area contributed by atoms with Crippen LogP contribution < -0.4 is 4.90 Å². The fourth-order valence-electron chi connectivity index (χ4n) is 3.26. The average Bonchev–Trinajstić information content (AvgIpc) is 2.85. The number of anilines is 1. The Morgan fingerprint density at radius 1 is 1.19 bits per heavy atom. The first-order valence-corrected chi connectivity index (χ1v) is 8.95. The summed E-state index contributed by atoms with van der Waals surface area (Å²) in [6.45, 7) is 8.60. The Balaban J connectivity index is 1.83. The molecule has 26 heavy (non-hydrogen) atoms. The summed E-state index contributed by atoms with van der Waals surface area (Å²) in [7, 11) is 0. The van der Waals surface area contributed by atoms with E-state index in [4.69, 9.17) is 11.2 Å². The summed E-state index contributed by atoms with van der Waals surface area (Å²) in [5.74, 6) is 2.74. The number of carbonyl (C=O) groups excluding carboxylic acids is 1. The summed E-state index contributed by atoms with van der Waals surface area (Å²) in [6, 6.07) is 6.14. The second-order valence-electron chi connectivity index (χ2n) is 7.51. The molecule has 2 heterocycles. The van der Waals surface area contributed by atoms with Crippen LogP contribution in [0.15, 0.2) is 30.6 Å². The molecular formula is C21H25N3O2. The van der Waals surface area contributed by atoms with Gasteiger partial charge in [-0.05, 0) is 33.3 Å². The van der Waals surface area contributed by atoms with Gasteiger partial charge in [0.25, 0.3) is 0 Å². The molecule has 0 saturated carbocycles. The van der Waals surface area contributed by atoms with Gasteiger partial charge in [0, 0.05) is 55.0 Å². The number of amides is 1. The number of benzene rings is 1. The van der Waals surface area contributed by atoms with E-state index in [9.17, 15) is 4.79 Å². The third kappa shape index (κ3) is 3.91. The highest BCUT2D eigenvalue weighted by Crippen LogP contribution is 2.30. The topological polar surface area (TPSA) is 45.7 Å². The van der Waals surface area contributed by atoms with Crippen molar-refractivity contribution in [1.82, 2.24) is 9.88 Å². The first-order chi connectivity index (χ1) is 12.4. The van der Waals surface area contributed by atoms with Crippen molar-refractivity contribution in [3.05, 3.63) is 36.2 Å². The summed E-state index contributed by atoms with van der Waals surface area (Å²) in [4.78, 5) is 20.7. The molecule has 0 aliphatic carbocycles. The third-order valence-electron chi connectivity index (χ3n) is 4.41. The van der Waals surface area contributed by atoms with E-state index in [1.165, 1.54) is 0 Å². The first-order valence-electron chi connectivity index (χ1n) is 8.95. The quantitative estimate of drug-likeness (QED) is 0.736. The molecule has 0 unspecified atom stereocenters. The summed E-state index contributed by atoms with van der Waals surface area (Å²) in [5, 5.41) is 2.09. The lowest BCUT2D eigenvalue weighted by Crippen LogP contribution is -2.39. The van der Waals surface area contributed by atoms with Gasteiger partial charge in [-0.15, -0.1) is 6.42 Å². The number of terminal acetylenes is 1. The number of nitrogens with zero attached hydrogens (tertiary/aromatic N) is 3. The van der Waals surface area contributed by atoms with Gasteiger partial charge in [0.1, 0.15) is 5.60 Å². The van der Waals surface area contributed by atoms with Crippen LogP contribution >= 0.6 is 0 Å². The lowest BCUT2D eigenvalue weighted by molar-refractivity contribution is 0.0263. The molecule has 136 valence electrons. The van der Waals surface area contributed by atoms with Crippen LogP contribution in [0.3, 0.4) is 0 Å². The Hall–Kier alpha value is -2.74. The van der Waals surface area contributed by atoms with Crippen LogP contribution in [-0.2, 0) is 4.74 Å². The molecule has 2 aromatic rings. The van der Waals surface area contributed by atoms with E-state index >= 15 is 0 Å². The van der Waals surface area contributed by atoms with Gasteiger partial charge in [0.15, 0.2) is 0 Å². The third-order valence-corrected chi connectivity index (χ3v) is 4.41. The van der Waals surface area contributed by atoms with Crippen LogP contribution in [0.2, 0.25) is 0 Å². The Labute approximate surface area is 155 Å². The van der Waals surface area contributed by atoms with Gasteiger partial charge < -0.3 is 14.5 Å². The molecule has 1 aromatic heterocycles. The van der Waals surface area contributed by atoms with E-state index in [0.29, 0.717) is 13.1 Å². The SMILES string of the molecule is C#Cc1cncc2cccc(N3CCCN(C(=O)OC(C)(C)C)CC3)c12. The predicted octanol–water partition coefficient (Wildman–Crippen LogP) is 3.66. The van der Waals surface area contributed by atoms with Crippen molar-refractivity contribution in [3.8, 4) is 12.3 Å². The monoisotopic (exact) mass is 351 g/mol. The molecular weight excluding hydrogens is 326 g/mol. The van der Waals surface area contributed by atoms with E-state index in [-0.39, 0.29) is 6.09 Å². The smallest absolute Gasteiger partial charge is 0.410 e. The molecule has 0 N–H and O–H groups in total. The summed E-state index contributed by atoms with van der Waals surface area (Å²) in [6.07, 6.45) is 9.89. The number of hydrogen-bond acceptors (Lipinski definition) is 4. The normalized spacial score (nSPS) is 15.5. The molecule has 0 atom stereocenters. The fraction of sp³-hybridized carbons (Fsp3) is 0.429. The van der Waals surface area contributed by atoms with Gasteiger partial charge in [-0.2, -0.15) is 0 Å². The van der Waals surface area contributed by atoms with Crippen LogP contribution in [-0.4, -0.2) is 47.8 Å². The van der Waals surface area contributed by atoms with E-state index in [1.54, 1.807) is 11.1 Å². The van der Waals surface area contributed by atoms with Crippen molar-refractivity contribution in [2.24, 2.45) is 0 Å². The maximum atomic E-state index is 12.4. The Morgan fingerprint density at radius 2 is 2.00 bits per heavy atom. The van der Waals surface area contributed by atoms with Crippen molar-refractivity contribution < 1.29 is 9.53 Å². The van der Waals surface area contributed by atoms with Crippen molar-refractivity contribution in [1.29, 1.82) is 0 Å². The lowest BCUT2D eigenvalue weighted by Gasteiger charge is -2.27. The minimum atomic E-state index is -0.479. The average molecular weight is 351 g/mol. The number of aromatic nitrogens is 1. The van der Waals surface area contributed by atoms with Crippen molar-refractivity contribution in [2.75, 3.05) is 31.1 Å². The molecule has 3 rings (SSSR count). The van der Waals surface area contributed by atoms with Gasteiger partial charge in [0.2, 0.25) is 0 Å². The van der Waals surface area contributed by atoms with E-state index in [1.807, 2.05) is 39.1 Å². The lowest BCUT2D eigenvalue weighted by atomic mass is 10.1. The Bertz CT molecular complexity index is 843. The minimum Gasteiger partial charge on any atom is -0.444 e. The first kappa shape index (κ1) is 18.1. The fourth-order valence-corrected chi connectivity index (χ4v) is 3.26. The minimum absolute atomic E-state index is 0.245. The molecule has 1 aliphatic heterocycles. The van der Waals surface area contributed by atoms with Gasteiger partial charge in [-0.3, -0.25) is 4.98 Å². The van der Waals surface area contributed by atoms with Gasteiger partial charge in [-0.1, -0.05) is 18.1 Å². The molecule has 5 heteroatoms. The highest BCUT2D eigenvalue weighted by atomic mass is 16.6. The number of hydrogen-bond donors (Lipinski definition) is 0. The number of rotatable bonds is 1. The zero-order chi connectivity index (χ0) is 18.7. The number of carbonyl (C=O) groups is 1. The summed E-state index contributed by atoms with van der Waals surface area (Å²) < 4.78 is 5.51. The van der Waals surface area contributed by atoms with E-state index in [0.717, 1.165) is 41.5 Å². The van der Waals surface area contributed by atoms with Crippen molar-refractivity contribution >= 4 is 22.6 Å². The number of fused-ring (bicyclic) bond motifs is 1. The van der Waals surface area contributed by atoms with Crippen LogP contribution in [0.4, 0.5) is 10.5 Å². The summed E-state index contributed by atoms with van der Waals surface area (Å²) >= 11 is 0. The molecule has 1 fully saturated rings. The molecule has 0 radical (unpaired) electrons. The molecule has 0 spiro atoms. The van der Waals surface area contributed by atoms with Gasteiger partial charge >= 0.3 is 6.09 Å². The molecule has 1 aromatic carbocycles. The maximum Gasteiger partial charge on any atom is 0.410 e. The summed E-state index contributed by atoms with van der Waals surface area (Å²) in [5.41, 5.74) is 1.42. The van der Waals surface area contributed by atoms with Crippen LogP contribution in [0.25, 0.3) is 10.8 Å². The zero-order valence-corrected chi connectivity index (χ0v) is 15.7. The van der Waals surface area contributed by atoms with Crippen LogP contribution in [0.5, 0.6) is 0 Å². The molecule has 1 amide bonds. The second-order valence-corrected chi connectivity index (χ2v) is 7.51. The number of pyridine rings is 1. The number of ether oxygens (including phenoxy) is 1. The zero-order valence-electron chi connectivity index (χ0n) is 15.7. The van der Waals surface area contributed by atoms with Crippen molar-refractivity contribution in [2.45, 2.75) is 32.8 Å². The van der Waals surface area contributed by atoms with E-state index in [2.05, 4.69) is 21.9 Å². The maximum absolute atomic E-state index is 12.4. The molecule has 5 nitrogen and oxygen atoms in total. The largest absolute Gasteiger partial charge is 0.444 e. The predicted molar refractivity (Wildman–Crippen MR) is 104 cm³/mol. The van der Waals surface area contributed by atoms with Gasteiger partial charge in [-0.25, -0.2) is 4.79 Å². The van der Waals surface area contributed by atoms with Crippen LogP contribution in [0.1, 0.15) is 32.8 Å². The van der Waals surface area contributed by atoms with E-state index < -0.39 is 5.60 Å². The van der Waals surface area contributed by atoms with Gasteiger partial charge in [0.05, 0.1) is 5.56 Å². The molecule has 0 bridgehead atoms. The van der Waals surface area contributed by atoms with Crippen LogP contribution in [0, 0.1) is 12.3 Å². The highest BCUT2D eigenvalue weighted by molar-refractivity contribution is 5.98. The Kier molecular flexibility index (Phi) is 5.03. The Morgan fingerprint density at radius 3 is 2.73 bits per heavy atom. The molecule has 1 saturated heterocycles.